The van der Waals surface area contributed by atoms with Crippen molar-refractivity contribution in [3.05, 3.63) is 72.2 Å². The molecule has 0 fully saturated rings. The summed E-state index contributed by atoms with van der Waals surface area (Å²) in [5.41, 5.74) is 13.6. The molecule has 10 heteroatoms. The van der Waals surface area contributed by atoms with Crippen molar-refractivity contribution >= 4 is 34.8 Å². The first-order valence-electron chi connectivity index (χ1n) is 10.7. The topological polar surface area (TPSA) is 136 Å². The summed E-state index contributed by atoms with van der Waals surface area (Å²) in [5, 5.41) is 4.33. The highest BCUT2D eigenvalue weighted by Crippen LogP contribution is 2.28. The minimum Gasteiger partial charge on any atom is -0.368 e. The van der Waals surface area contributed by atoms with Gasteiger partial charge in [-0.1, -0.05) is 18.2 Å². The summed E-state index contributed by atoms with van der Waals surface area (Å²) < 4.78 is 0. The van der Waals surface area contributed by atoms with Crippen molar-refractivity contribution in [3.8, 4) is 11.3 Å². The Morgan fingerprint density at radius 1 is 1.18 bits per heavy atom. The number of para-hydroxylation sites is 2. The first-order valence-corrected chi connectivity index (χ1v) is 10.7. The van der Waals surface area contributed by atoms with Gasteiger partial charge in [-0.2, -0.15) is 9.89 Å². The Bertz CT molecular complexity index is 1410. The van der Waals surface area contributed by atoms with Crippen LogP contribution >= 0.6 is 0 Å². The number of anilines is 1. The number of carbonyl (C=O) groups excluding carboxylic acids is 3. The van der Waals surface area contributed by atoms with E-state index in [0.29, 0.717) is 23.2 Å². The molecule has 2 amide bonds. The fourth-order valence-corrected chi connectivity index (χ4v) is 4.07. The SMILES string of the molecule is NC(=O)C(CCC=O)N1Cc2ccc(Nn3cc(-c4cnc5ccccc5n4)cn3)cc2C1=O. The van der Waals surface area contributed by atoms with Crippen molar-refractivity contribution in [2.24, 2.45) is 5.73 Å². The Morgan fingerprint density at radius 3 is 2.79 bits per heavy atom. The molecule has 1 aliphatic heterocycles. The lowest BCUT2D eigenvalue weighted by atomic mass is 10.1. The quantitative estimate of drug-likeness (QED) is 0.389. The number of aldehydes is 1. The van der Waals surface area contributed by atoms with Gasteiger partial charge in [-0.3, -0.25) is 20.0 Å². The van der Waals surface area contributed by atoms with Crippen molar-refractivity contribution in [2.45, 2.75) is 25.4 Å². The van der Waals surface area contributed by atoms with Crippen LogP contribution in [0.4, 0.5) is 5.69 Å². The largest absolute Gasteiger partial charge is 0.368 e. The average Bonchev–Trinajstić information content (AvgIpc) is 3.44. The van der Waals surface area contributed by atoms with Crippen LogP contribution in [0.3, 0.4) is 0 Å². The van der Waals surface area contributed by atoms with Gasteiger partial charge in [0.2, 0.25) is 5.91 Å². The smallest absolute Gasteiger partial charge is 0.255 e. The van der Waals surface area contributed by atoms with Crippen LogP contribution in [0.2, 0.25) is 0 Å². The molecule has 3 heterocycles. The molecule has 3 N–H and O–H groups in total. The van der Waals surface area contributed by atoms with E-state index in [1.54, 1.807) is 24.7 Å². The Morgan fingerprint density at radius 2 is 2.00 bits per heavy atom. The zero-order valence-electron chi connectivity index (χ0n) is 18.1. The zero-order chi connectivity index (χ0) is 23.7. The normalized spacial score (nSPS) is 13.6. The Kier molecular flexibility index (Phi) is 5.46. The Hall–Kier alpha value is -4.60. The molecule has 1 unspecified atom stereocenters. The summed E-state index contributed by atoms with van der Waals surface area (Å²) in [5.74, 6) is -0.914. The molecule has 0 bridgehead atoms. The number of carbonyl (C=O) groups is 3. The predicted octanol–water partition coefficient (Wildman–Crippen LogP) is 2.16. The highest BCUT2D eigenvalue weighted by Gasteiger charge is 2.35. The van der Waals surface area contributed by atoms with Crippen LogP contribution in [-0.2, 0) is 16.1 Å². The van der Waals surface area contributed by atoms with Crippen LogP contribution in [0.1, 0.15) is 28.8 Å². The molecule has 0 saturated heterocycles. The number of fused-ring (bicyclic) bond motifs is 2. The Balaban J connectivity index is 1.34. The Labute approximate surface area is 194 Å². The lowest BCUT2D eigenvalue weighted by Crippen LogP contribution is -2.44. The number of primary amides is 1. The van der Waals surface area contributed by atoms with Crippen LogP contribution in [0.5, 0.6) is 0 Å². The first-order chi connectivity index (χ1) is 16.5. The third-order valence-electron chi connectivity index (χ3n) is 5.77. The van der Waals surface area contributed by atoms with E-state index >= 15 is 0 Å². The van der Waals surface area contributed by atoms with Gasteiger partial charge in [0.1, 0.15) is 12.3 Å². The second-order valence-electron chi connectivity index (χ2n) is 8.00. The number of hydrogen-bond donors (Lipinski definition) is 2. The van der Waals surface area contributed by atoms with Gasteiger partial charge in [-0.25, -0.2) is 4.98 Å². The van der Waals surface area contributed by atoms with Crippen molar-refractivity contribution in [1.82, 2.24) is 24.8 Å². The number of hydrogen-bond acceptors (Lipinski definition) is 7. The lowest BCUT2D eigenvalue weighted by molar-refractivity contribution is -0.122. The number of nitrogens with one attached hydrogen (secondary N) is 1. The monoisotopic (exact) mass is 455 g/mol. The summed E-state index contributed by atoms with van der Waals surface area (Å²) in [4.78, 5) is 47.6. The number of benzene rings is 2. The fraction of sp³-hybridized carbons (Fsp3) is 0.167. The lowest BCUT2D eigenvalue weighted by Gasteiger charge is -2.24. The van der Waals surface area contributed by atoms with Crippen LogP contribution < -0.4 is 11.2 Å². The van der Waals surface area contributed by atoms with Gasteiger partial charge in [0.15, 0.2) is 0 Å². The van der Waals surface area contributed by atoms with Crippen molar-refractivity contribution in [2.75, 3.05) is 5.43 Å². The molecule has 34 heavy (non-hydrogen) atoms. The number of amides is 2. The van der Waals surface area contributed by atoms with Crippen LogP contribution in [0.25, 0.3) is 22.3 Å². The number of aromatic nitrogens is 4. The fourth-order valence-electron chi connectivity index (χ4n) is 4.07. The number of nitrogens with zero attached hydrogens (tertiary/aromatic N) is 5. The van der Waals surface area contributed by atoms with Crippen molar-refractivity contribution < 1.29 is 14.4 Å². The third-order valence-corrected chi connectivity index (χ3v) is 5.77. The maximum atomic E-state index is 13.0. The molecule has 2 aromatic carbocycles. The molecule has 1 aliphatic rings. The summed E-state index contributed by atoms with van der Waals surface area (Å²) >= 11 is 0. The molecule has 4 aromatic rings. The molecule has 5 rings (SSSR count). The van der Waals surface area contributed by atoms with Crippen LogP contribution in [-0.4, -0.2) is 48.9 Å². The second kappa shape index (κ2) is 8.74. The molecule has 170 valence electrons. The first kappa shape index (κ1) is 21.3. The van der Waals surface area contributed by atoms with Gasteiger partial charge in [0, 0.05) is 24.1 Å². The predicted molar refractivity (Wildman–Crippen MR) is 124 cm³/mol. The molecule has 1 atom stereocenters. The maximum absolute atomic E-state index is 13.0. The van der Waals surface area contributed by atoms with E-state index in [1.807, 2.05) is 36.4 Å². The summed E-state index contributed by atoms with van der Waals surface area (Å²) in [6, 6.07) is 12.2. The second-order valence-corrected chi connectivity index (χ2v) is 8.00. The molecule has 2 aromatic heterocycles. The van der Waals surface area contributed by atoms with Crippen LogP contribution in [0.15, 0.2) is 61.1 Å². The van der Waals surface area contributed by atoms with Crippen LogP contribution in [0, 0.1) is 0 Å². The van der Waals surface area contributed by atoms with Gasteiger partial charge in [0.05, 0.1) is 41.0 Å². The summed E-state index contributed by atoms with van der Waals surface area (Å²) in [6.07, 6.45) is 6.24. The standard InChI is InChI=1S/C24H21N7O3/c25-23(33)22(6-3-9-32)30-13-15-7-8-17(10-18(15)24(30)34)29-31-14-16(11-27-31)21-12-26-19-4-1-2-5-20(19)28-21/h1-2,4-5,7-12,14,22,29H,3,6,13H2,(H2,25,33). The van der Waals surface area contributed by atoms with Gasteiger partial charge < -0.3 is 15.4 Å². The van der Waals surface area contributed by atoms with E-state index in [0.717, 1.165) is 22.2 Å². The maximum Gasteiger partial charge on any atom is 0.255 e. The van der Waals surface area contributed by atoms with Gasteiger partial charge in [0.25, 0.3) is 5.91 Å². The molecular weight excluding hydrogens is 434 g/mol. The minimum atomic E-state index is -0.821. The molecular formula is C24H21N7O3. The summed E-state index contributed by atoms with van der Waals surface area (Å²) in [7, 11) is 0. The van der Waals surface area contributed by atoms with Crippen molar-refractivity contribution in [3.63, 3.8) is 0 Å². The van der Waals surface area contributed by atoms with E-state index in [2.05, 4.69) is 20.5 Å². The zero-order valence-corrected chi connectivity index (χ0v) is 18.1. The molecule has 0 radical (unpaired) electrons. The number of nitrogens with two attached hydrogens (primary N) is 1. The van der Waals surface area contributed by atoms with Crippen molar-refractivity contribution in [1.29, 1.82) is 0 Å². The minimum absolute atomic E-state index is 0.157. The van der Waals surface area contributed by atoms with E-state index < -0.39 is 11.9 Å². The average molecular weight is 455 g/mol. The highest BCUT2D eigenvalue weighted by atomic mass is 16.2. The number of rotatable bonds is 8. The molecule has 0 aliphatic carbocycles. The van der Waals surface area contributed by atoms with E-state index in [9.17, 15) is 14.4 Å². The highest BCUT2D eigenvalue weighted by molar-refractivity contribution is 6.01. The third kappa shape index (κ3) is 3.96. The van der Waals surface area contributed by atoms with E-state index in [-0.39, 0.29) is 25.3 Å². The van der Waals surface area contributed by atoms with E-state index in [4.69, 9.17) is 5.73 Å². The molecule has 0 spiro atoms. The molecule has 10 nitrogen and oxygen atoms in total. The van der Waals surface area contributed by atoms with E-state index in [1.165, 1.54) is 9.69 Å². The van der Waals surface area contributed by atoms with Gasteiger partial charge >= 0.3 is 0 Å². The van der Waals surface area contributed by atoms with Gasteiger partial charge in [-0.05, 0) is 36.2 Å². The molecule has 0 saturated carbocycles. The summed E-state index contributed by atoms with van der Waals surface area (Å²) in [6.45, 7) is 0.271. The van der Waals surface area contributed by atoms with Gasteiger partial charge in [-0.15, -0.1) is 0 Å².